The van der Waals surface area contributed by atoms with Crippen molar-refractivity contribution in [2.45, 2.75) is 19.4 Å². The SMILES string of the molecule is CN(CCc1ccc(-n2cc3cccc(CC(N)=O)c3n2)cc1)Cc1ccccc1. The quantitative estimate of drug-likeness (QED) is 0.492. The summed E-state index contributed by atoms with van der Waals surface area (Å²) in [6.45, 7) is 1.95. The predicted molar refractivity (Wildman–Crippen MR) is 120 cm³/mol. The van der Waals surface area contributed by atoms with Gasteiger partial charge in [-0.2, -0.15) is 5.10 Å². The number of hydrogen-bond donors (Lipinski definition) is 1. The Hall–Kier alpha value is -3.44. The van der Waals surface area contributed by atoms with E-state index in [-0.39, 0.29) is 12.3 Å². The number of likely N-dealkylation sites (N-methyl/N-ethyl adjacent to an activating group) is 1. The molecule has 0 spiro atoms. The van der Waals surface area contributed by atoms with Crippen molar-refractivity contribution in [3.05, 3.63) is 95.7 Å². The van der Waals surface area contributed by atoms with Crippen molar-refractivity contribution in [3.63, 3.8) is 0 Å². The zero-order chi connectivity index (χ0) is 20.9. The number of nitrogens with two attached hydrogens (primary N) is 1. The molecule has 0 saturated heterocycles. The van der Waals surface area contributed by atoms with Crippen LogP contribution in [0, 0.1) is 0 Å². The third-order valence-electron chi connectivity index (χ3n) is 5.26. The van der Waals surface area contributed by atoms with Crippen LogP contribution < -0.4 is 5.73 Å². The molecule has 5 heteroatoms. The van der Waals surface area contributed by atoms with Crippen LogP contribution in [-0.4, -0.2) is 34.2 Å². The molecule has 0 aliphatic heterocycles. The monoisotopic (exact) mass is 398 g/mol. The Kier molecular flexibility index (Phi) is 5.91. The van der Waals surface area contributed by atoms with Gasteiger partial charge in [0, 0.05) is 24.7 Å². The van der Waals surface area contributed by atoms with Gasteiger partial charge in [-0.15, -0.1) is 0 Å². The predicted octanol–water partition coefficient (Wildman–Crippen LogP) is 3.73. The Bertz CT molecular complexity index is 1130. The number of carbonyl (C=O) groups is 1. The summed E-state index contributed by atoms with van der Waals surface area (Å²) in [6.07, 6.45) is 3.18. The zero-order valence-corrected chi connectivity index (χ0v) is 17.2. The molecule has 152 valence electrons. The molecule has 0 aliphatic rings. The summed E-state index contributed by atoms with van der Waals surface area (Å²) in [5, 5.41) is 5.69. The molecule has 2 N–H and O–H groups in total. The van der Waals surface area contributed by atoms with Crippen LogP contribution in [0.25, 0.3) is 16.6 Å². The smallest absolute Gasteiger partial charge is 0.221 e. The summed E-state index contributed by atoms with van der Waals surface area (Å²) >= 11 is 0. The van der Waals surface area contributed by atoms with Crippen molar-refractivity contribution < 1.29 is 4.79 Å². The molecular formula is C25H26N4O. The lowest BCUT2D eigenvalue weighted by Gasteiger charge is -2.16. The first-order chi connectivity index (χ1) is 14.6. The van der Waals surface area contributed by atoms with Crippen LogP contribution in [0.15, 0.2) is 79.0 Å². The highest BCUT2D eigenvalue weighted by molar-refractivity contribution is 5.87. The van der Waals surface area contributed by atoms with Crippen molar-refractivity contribution in [2.75, 3.05) is 13.6 Å². The maximum atomic E-state index is 11.3. The van der Waals surface area contributed by atoms with E-state index in [0.29, 0.717) is 0 Å². The maximum Gasteiger partial charge on any atom is 0.221 e. The Morgan fingerprint density at radius 1 is 0.967 bits per heavy atom. The average Bonchev–Trinajstić information content (AvgIpc) is 3.18. The number of nitrogens with zero attached hydrogens (tertiary/aromatic N) is 3. The second kappa shape index (κ2) is 8.93. The normalized spacial score (nSPS) is 11.3. The fourth-order valence-electron chi connectivity index (χ4n) is 3.68. The van der Waals surface area contributed by atoms with Crippen molar-refractivity contribution in [1.29, 1.82) is 0 Å². The summed E-state index contributed by atoms with van der Waals surface area (Å²) < 4.78 is 1.86. The van der Waals surface area contributed by atoms with Crippen LogP contribution in [0.3, 0.4) is 0 Å². The molecular weight excluding hydrogens is 372 g/mol. The number of fused-ring (bicyclic) bond motifs is 1. The fourth-order valence-corrected chi connectivity index (χ4v) is 3.68. The Morgan fingerprint density at radius 3 is 2.47 bits per heavy atom. The van der Waals surface area contributed by atoms with Gasteiger partial charge in [0.25, 0.3) is 0 Å². The number of aromatic nitrogens is 2. The molecule has 0 aliphatic carbocycles. The van der Waals surface area contributed by atoms with Crippen molar-refractivity contribution in [1.82, 2.24) is 14.7 Å². The Labute approximate surface area is 176 Å². The van der Waals surface area contributed by atoms with Crippen LogP contribution in [0.5, 0.6) is 0 Å². The summed E-state index contributed by atoms with van der Waals surface area (Å²) in [5.74, 6) is -0.348. The minimum Gasteiger partial charge on any atom is -0.369 e. The van der Waals surface area contributed by atoms with Gasteiger partial charge >= 0.3 is 0 Å². The molecule has 1 aromatic heterocycles. The van der Waals surface area contributed by atoms with E-state index in [1.807, 2.05) is 35.1 Å². The average molecular weight is 399 g/mol. The summed E-state index contributed by atoms with van der Waals surface area (Å²) in [6, 6.07) is 24.9. The number of amides is 1. The number of rotatable bonds is 8. The van der Waals surface area contributed by atoms with Gasteiger partial charge in [-0.05, 0) is 42.3 Å². The second-order valence-electron chi connectivity index (χ2n) is 7.71. The molecule has 0 saturated carbocycles. The summed E-state index contributed by atoms with van der Waals surface area (Å²) in [4.78, 5) is 13.7. The minimum atomic E-state index is -0.348. The van der Waals surface area contributed by atoms with Gasteiger partial charge in [0.15, 0.2) is 0 Å². The van der Waals surface area contributed by atoms with Gasteiger partial charge in [-0.25, -0.2) is 4.68 Å². The molecule has 0 unspecified atom stereocenters. The van der Waals surface area contributed by atoms with Crippen molar-refractivity contribution in [2.24, 2.45) is 5.73 Å². The van der Waals surface area contributed by atoms with Crippen molar-refractivity contribution in [3.8, 4) is 5.69 Å². The number of hydrogen-bond acceptors (Lipinski definition) is 3. The fraction of sp³-hybridized carbons (Fsp3) is 0.200. The number of carbonyl (C=O) groups excluding carboxylic acids is 1. The van der Waals surface area contributed by atoms with Gasteiger partial charge in [0.2, 0.25) is 5.91 Å². The molecule has 4 aromatic rings. The third-order valence-corrected chi connectivity index (χ3v) is 5.26. The highest BCUT2D eigenvalue weighted by Crippen LogP contribution is 2.20. The summed E-state index contributed by atoms with van der Waals surface area (Å²) in [5.41, 5.74) is 10.7. The van der Waals surface area contributed by atoms with Gasteiger partial charge in [-0.3, -0.25) is 4.79 Å². The Balaban J connectivity index is 1.42. The molecule has 1 heterocycles. The van der Waals surface area contributed by atoms with Crippen LogP contribution in [-0.2, 0) is 24.2 Å². The van der Waals surface area contributed by atoms with E-state index in [4.69, 9.17) is 5.73 Å². The lowest BCUT2D eigenvalue weighted by Crippen LogP contribution is -2.20. The largest absolute Gasteiger partial charge is 0.369 e. The standard InChI is InChI=1S/C25H26N4O/c1-28(17-20-6-3-2-4-7-20)15-14-19-10-12-23(13-11-19)29-18-22-9-5-8-21(16-24(26)30)25(22)27-29/h2-13,18H,14-17H2,1H3,(H2,26,30). The minimum absolute atomic E-state index is 0.198. The molecule has 0 atom stereocenters. The highest BCUT2D eigenvalue weighted by Gasteiger charge is 2.09. The molecule has 0 bridgehead atoms. The molecule has 0 radical (unpaired) electrons. The first-order valence-corrected chi connectivity index (χ1v) is 10.2. The van der Waals surface area contributed by atoms with Gasteiger partial charge < -0.3 is 10.6 Å². The van der Waals surface area contributed by atoms with E-state index in [1.165, 1.54) is 11.1 Å². The first-order valence-electron chi connectivity index (χ1n) is 10.2. The van der Waals surface area contributed by atoms with Crippen molar-refractivity contribution >= 4 is 16.8 Å². The van der Waals surface area contributed by atoms with E-state index in [0.717, 1.165) is 41.7 Å². The Morgan fingerprint density at radius 2 is 1.73 bits per heavy atom. The molecule has 1 amide bonds. The van der Waals surface area contributed by atoms with Crippen LogP contribution >= 0.6 is 0 Å². The molecule has 4 rings (SSSR count). The molecule has 30 heavy (non-hydrogen) atoms. The van der Waals surface area contributed by atoms with Crippen LogP contribution in [0.4, 0.5) is 0 Å². The molecule has 5 nitrogen and oxygen atoms in total. The first kappa shape index (κ1) is 19.9. The van der Waals surface area contributed by atoms with Gasteiger partial charge in [0.05, 0.1) is 17.6 Å². The van der Waals surface area contributed by atoms with E-state index >= 15 is 0 Å². The van der Waals surface area contributed by atoms with Crippen LogP contribution in [0.2, 0.25) is 0 Å². The van der Waals surface area contributed by atoms with E-state index in [9.17, 15) is 4.79 Å². The van der Waals surface area contributed by atoms with Gasteiger partial charge in [0.1, 0.15) is 0 Å². The lowest BCUT2D eigenvalue weighted by molar-refractivity contribution is -0.117. The topological polar surface area (TPSA) is 64.2 Å². The third kappa shape index (κ3) is 4.75. The lowest BCUT2D eigenvalue weighted by atomic mass is 10.1. The van der Waals surface area contributed by atoms with Gasteiger partial charge in [-0.1, -0.05) is 60.7 Å². The molecule has 3 aromatic carbocycles. The zero-order valence-electron chi connectivity index (χ0n) is 17.2. The summed E-state index contributed by atoms with van der Waals surface area (Å²) in [7, 11) is 2.15. The van der Waals surface area contributed by atoms with E-state index in [1.54, 1.807) is 0 Å². The number of primary amides is 1. The van der Waals surface area contributed by atoms with E-state index < -0.39 is 0 Å². The maximum absolute atomic E-state index is 11.3. The highest BCUT2D eigenvalue weighted by atomic mass is 16.1. The second-order valence-corrected chi connectivity index (χ2v) is 7.71. The van der Waals surface area contributed by atoms with Crippen LogP contribution in [0.1, 0.15) is 16.7 Å². The number of benzene rings is 3. The molecule has 0 fully saturated rings. The van der Waals surface area contributed by atoms with E-state index in [2.05, 4.69) is 65.6 Å².